The van der Waals surface area contributed by atoms with E-state index in [1.54, 1.807) is 36.4 Å². The minimum Gasteiger partial charge on any atom is -0.493 e. The Morgan fingerprint density at radius 2 is 0.781 bits per heavy atom. The van der Waals surface area contributed by atoms with E-state index >= 15 is 0 Å². The summed E-state index contributed by atoms with van der Waals surface area (Å²) >= 11 is 0. The normalized spacial score (nSPS) is 12.2. The second kappa shape index (κ2) is 24.1. The molecule has 0 bridgehead atoms. The van der Waals surface area contributed by atoms with Crippen LogP contribution in [-0.2, 0) is 0 Å². The van der Waals surface area contributed by atoms with Gasteiger partial charge in [0, 0.05) is 6.07 Å². The van der Waals surface area contributed by atoms with Gasteiger partial charge in [-0.2, -0.15) is 10.2 Å². The van der Waals surface area contributed by atoms with Crippen molar-refractivity contribution in [3.63, 3.8) is 0 Å². The van der Waals surface area contributed by atoms with Crippen LogP contribution in [0.2, 0.25) is 0 Å². The molecule has 12 nitrogen and oxygen atoms in total. The van der Waals surface area contributed by atoms with Crippen LogP contribution in [0.25, 0.3) is 0 Å². The van der Waals surface area contributed by atoms with Crippen molar-refractivity contribution in [2.45, 2.75) is 80.1 Å². The summed E-state index contributed by atoms with van der Waals surface area (Å²) in [7, 11) is 0. The number of rotatable bonds is 23. The number of esters is 3. The van der Waals surface area contributed by atoms with Crippen molar-refractivity contribution >= 4 is 35.3 Å². The minimum absolute atomic E-state index is 0.0928. The molecule has 336 valence electrons. The van der Waals surface area contributed by atoms with E-state index in [1.165, 1.54) is 61.7 Å². The van der Waals surface area contributed by atoms with Crippen molar-refractivity contribution in [3.05, 3.63) is 138 Å². The molecule has 0 fully saturated rings. The largest absolute Gasteiger partial charge is 0.493 e. The number of ether oxygens (including phenoxy) is 5. The first-order valence-electron chi connectivity index (χ1n) is 21.8. The summed E-state index contributed by atoms with van der Waals surface area (Å²) in [5, 5.41) is 18.2. The van der Waals surface area contributed by atoms with Gasteiger partial charge in [-0.15, -0.1) is 0 Å². The Morgan fingerprint density at radius 3 is 1.17 bits per heavy atom. The lowest BCUT2D eigenvalue weighted by Gasteiger charge is -2.14. The van der Waals surface area contributed by atoms with E-state index in [0.717, 1.165) is 37.1 Å². The number of carbonyl (C=O) groups is 4. The van der Waals surface area contributed by atoms with Crippen molar-refractivity contribution in [2.75, 3.05) is 13.2 Å². The molecule has 0 amide bonds. The molecule has 0 aliphatic carbocycles. The maximum Gasteiger partial charge on any atom is 0.343 e. The van der Waals surface area contributed by atoms with E-state index in [9.17, 15) is 24.3 Å². The maximum atomic E-state index is 13.1. The van der Waals surface area contributed by atoms with Gasteiger partial charge in [-0.25, -0.2) is 19.2 Å². The van der Waals surface area contributed by atoms with Crippen LogP contribution in [0.4, 0.5) is 11.4 Å². The van der Waals surface area contributed by atoms with Gasteiger partial charge in [-0.1, -0.05) is 67.2 Å². The van der Waals surface area contributed by atoms with Gasteiger partial charge in [0.2, 0.25) is 0 Å². The van der Waals surface area contributed by atoms with Crippen LogP contribution in [0.1, 0.15) is 121 Å². The molecule has 0 aliphatic heterocycles. The molecule has 0 spiro atoms. The van der Waals surface area contributed by atoms with Crippen molar-refractivity contribution in [2.24, 2.45) is 33.9 Å². The summed E-state index contributed by atoms with van der Waals surface area (Å²) in [6.45, 7) is 14.5. The van der Waals surface area contributed by atoms with Crippen LogP contribution < -0.4 is 23.7 Å². The average Bonchev–Trinajstić information content (AvgIpc) is 3.27. The molecular formula is C52H58N2O10. The van der Waals surface area contributed by atoms with Crippen molar-refractivity contribution in [1.82, 2.24) is 0 Å². The molecule has 5 aromatic rings. The number of benzene rings is 5. The summed E-state index contributed by atoms with van der Waals surface area (Å²) in [5.41, 5.74) is 1.43. The Bertz CT molecular complexity index is 2320. The minimum atomic E-state index is -1.33. The lowest BCUT2D eigenvalue weighted by molar-refractivity contribution is 0.0679. The summed E-state index contributed by atoms with van der Waals surface area (Å²) in [6, 6.07) is 29.4. The molecule has 64 heavy (non-hydrogen) atoms. The molecule has 0 saturated heterocycles. The van der Waals surface area contributed by atoms with Gasteiger partial charge in [-0.3, -0.25) is 0 Å². The Labute approximate surface area is 375 Å². The SMILES string of the molecule is CC(C)CCCC(C)COc1ccc(N=Nc2ccc(C(=O)Oc3cc(OC(=O)c4ccc(OC(=O)c5ccc(OCC(C)CCCC(C)C)cc5)cc4)cc(C(=O)O)c3)cc2)cc1. The molecule has 0 aliphatic rings. The molecule has 0 aromatic heterocycles. The Kier molecular flexibility index (Phi) is 18.2. The number of hydrogen-bond acceptors (Lipinski definition) is 11. The molecule has 2 atom stereocenters. The maximum absolute atomic E-state index is 13.1. The molecule has 12 heteroatoms. The number of nitrogens with zero attached hydrogens (tertiary/aromatic N) is 2. The van der Waals surface area contributed by atoms with Gasteiger partial charge in [0.1, 0.15) is 28.7 Å². The van der Waals surface area contributed by atoms with Crippen LogP contribution in [0.15, 0.2) is 125 Å². The molecule has 5 rings (SSSR count). The van der Waals surface area contributed by atoms with Gasteiger partial charge in [-0.05, 0) is 146 Å². The third kappa shape index (κ3) is 16.1. The van der Waals surface area contributed by atoms with Gasteiger partial charge >= 0.3 is 23.9 Å². The predicted octanol–water partition coefficient (Wildman–Crippen LogP) is 13.1. The van der Waals surface area contributed by atoms with Gasteiger partial charge in [0.05, 0.1) is 46.8 Å². The van der Waals surface area contributed by atoms with Crippen molar-refractivity contribution in [3.8, 4) is 28.7 Å². The summed E-state index contributed by atoms with van der Waals surface area (Å²) in [6.07, 6.45) is 6.99. The molecule has 5 aromatic carbocycles. The predicted molar refractivity (Wildman–Crippen MR) is 245 cm³/mol. The van der Waals surface area contributed by atoms with Gasteiger partial charge in [0.25, 0.3) is 0 Å². The fraction of sp³-hybridized carbons (Fsp3) is 0.346. The van der Waals surface area contributed by atoms with Crippen LogP contribution in [0, 0.1) is 23.7 Å². The molecule has 0 saturated carbocycles. The number of aromatic carboxylic acids is 1. The average molecular weight is 871 g/mol. The fourth-order valence-electron chi connectivity index (χ4n) is 6.44. The highest BCUT2D eigenvalue weighted by Crippen LogP contribution is 2.27. The second-order valence-corrected chi connectivity index (χ2v) is 16.9. The van der Waals surface area contributed by atoms with Crippen molar-refractivity contribution in [1.29, 1.82) is 0 Å². The third-order valence-corrected chi connectivity index (χ3v) is 10.2. The van der Waals surface area contributed by atoms with Gasteiger partial charge in [0.15, 0.2) is 0 Å². The number of azo groups is 1. The topological polar surface area (TPSA) is 159 Å². The quantitative estimate of drug-likeness (QED) is 0.0380. The van der Waals surface area contributed by atoms with Crippen molar-refractivity contribution < 1.29 is 48.0 Å². The zero-order chi connectivity index (χ0) is 46.0. The standard InChI is InChI=1S/C52H58N2O10/c1-34(2)9-7-11-36(5)32-60-44-23-15-39(16-24-44)50(57)62-46-25-17-40(18-26-46)52(59)64-48-30-41(49(55)56)29-47(31-48)63-51(58)38-13-19-42(20-14-38)53-54-43-21-27-45(28-22-43)61-33-37(6)12-8-10-35(3)4/h13-31,34-37H,7-12,32-33H2,1-6H3,(H,55,56). The highest BCUT2D eigenvalue weighted by Gasteiger charge is 2.17. The van der Waals surface area contributed by atoms with E-state index in [-0.39, 0.29) is 33.9 Å². The third-order valence-electron chi connectivity index (χ3n) is 10.2. The van der Waals surface area contributed by atoms with Crippen LogP contribution in [0.5, 0.6) is 28.7 Å². The van der Waals surface area contributed by atoms with E-state index < -0.39 is 23.9 Å². The van der Waals surface area contributed by atoms with Crippen LogP contribution in [0.3, 0.4) is 0 Å². The Hall–Kier alpha value is -6.82. The highest BCUT2D eigenvalue weighted by molar-refractivity contribution is 5.95. The second-order valence-electron chi connectivity index (χ2n) is 16.9. The lowest BCUT2D eigenvalue weighted by atomic mass is 10.0. The summed E-state index contributed by atoms with van der Waals surface area (Å²) in [4.78, 5) is 50.9. The molecular weight excluding hydrogens is 813 g/mol. The van der Waals surface area contributed by atoms with Crippen LogP contribution in [-0.4, -0.2) is 42.2 Å². The first kappa shape index (κ1) is 48.2. The van der Waals surface area contributed by atoms with E-state index in [1.807, 2.05) is 24.3 Å². The first-order valence-corrected chi connectivity index (χ1v) is 21.8. The highest BCUT2D eigenvalue weighted by atomic mass is 16.5. The number of carbonyl (C=O) groups excluding carboxylic acids is 3. The molecule has 0 radical (unpaired) electrons. The number of hydrogen-bond donors (Lipinski definition) is 1. The zero-order valence-electron chi connectivity index (χ0n) is 37.5. The molecule has 2 unspecified atom stereocenters. The summed E-state index contributed by atoms with van der Waals surface area (Å²) in [5.74, 6) is 0.0545. The lowest BCUT2D eigenvalue weighted by Crippen LogP contribution is -2.12. The molecule has 1 N–H and O–H groups in total. The smallest absolute Gasteiger partial charge is 0.343 e. The van der Waals surface area contributed by atoms with E-state index in [2.05, 4.69) is 51.8 Å². The Balaban J connectivity index is 1.11. The number of carboxylic acid groups (broad SMARTS) is 1. The first-order chi connectivity index (χ1) is 30.7. The summed E-state index contributed by atoms with van der Waals surface area (Å²) < 4.78 is 28.3. The molecule has 0 heterocycles. The number of carboxylic acids is 1. The fourth-order valence-corrected chi connectivity index (χ4v) is 6.44. The van der Waals surface area contributed by atoms with E-state index in [0.29, 0.717) is 59.6 Å². The van der Waals surface area contributed by atoms with E-state index in [4.69, 9.17) is 23.7 Å². The van der Waals surface area contributed by atoms with Crippen LogP contribution >= 0.6 is 0 Å². The monoisotopic (exact) mass is 870 g/mol. The Morgan fingerprint density at radius 1 is 0.438 bits per heavy atom. The zero-order valence-corrected chi connectivity index (χ0v) is 37.5. The van der Waals surface area contributed by atoms with Gasteiger partial charge < -0.3 is 28.8 Å².